The zero-order valence-electron chi connectivity index (χ0n) is 15.1. The molecular formula is C19H23N5O2. The second-order valence-electron chi connectivity index (χ2n) is 6.95. The number of imidazole rings is 1. The summed E-state index contributed by atoms with van der Waals surface area (Å²) in [4.78, 5) is 25.4. The third-order valence-corrected chi connectivity index (χ3v) is 5.11. The average molecular weight is 353 g/mol. The highest BCUT2D eigenvalue weighted by Crippen LogP contribution is 2.17. The van der Waals surface area contributed by atoms with Crippen LogP contribution in [0.4, 0.5) is 0 Å². The topological polar surface area (TPSA) is 67.4 Å². The number of aromatic nitrogens is 3. The molecule has 1 fully saturated rings. The molecule has 3 heterocycles. The number of carbonyl (C=O) groups is 1. The number of likely N-dealkylation sites (tertiary alicyclic amines) is 1. The van der Waals surface area contributed by atoms with Gasteiger partial charge in [-0.25, -0.2) is 9.97 Å². The zero-order chi connectivity index (χ0) is 18.1. The molecule has 1 saturated heterocycles. The Kier molecular flexibility index (Phi) is 4.46. The normalized spacial score (nSPS) is 17.8. The number of carbonyl (C=O) groups excluding carboxylic acids is 1. The van der Waals surface area contributed by atoms with Crippen molar-refractivity contribution in [1.82, 2.24) is 24.3 Å². The maximum Gasteiger partial charge on any atom is 0.275 e. The first kappa shape index (κ1) is 16.8. The van der Waals surface area contributed by atoms with Crippen molar-refractivity contribution in [2.45, 2.75) is 25.4 Å². The molecule has 1 atom stereocenters. The number of hydrogen-bond donors (Lipinski definition) is 0. The predicted molar refractivity (Wildman–Crippen MR) is 98.0 cm³/mol. The van der Waals surface area contributed by atoms with Crippen molar-refractivity contribution in [2.75, 3.05) is 27.2 Å². The van der Waals surface area contributed by atoms with Gasteiger partial charge >= 0.3 is 0 Å². The van der Waals surface area contributed by atoms with Gasteiger partial charge in [0, 0.05) is 19.6 Å². The van der Waals surface area contributed by atoms with Crippen molar-refractivity contribution in [3.05, 3.63) is 48.4 Å². The Morgan fingerprint density at radius 2 is 2.23 bits per heavy atom. The molecule has 0 N–H and O–H groups in total. The molecule has 0 spiro atoms. The van der Waals surface area contributed by atoms with Crippen molar-refractivity contribution >= 4 is 16.9 Å². The van der Waals surface area contributed by atoms with Crippen LogP contribution in [0, 0.1) is 0 Å². The van der Waals surface area contributed by atoms with Crippen LogP contribution in [-0.2, 0) is 6.54 Å². The maximum atomic E-state index is 12.6. The number of amides is 1. The van der Waals surface area contributed by atoms with Crippen LogP contribution in [0.25, 0.3) is 11.0 Å². The second-order valence-corrected chi connectivity index (χ2v) is 6.95. The van der Waals surface area contributed by atoms with Gasteiger partial charge in [-0.1, -0.05) is 12.1 Å². The molecule has 1 aromatic carbocycles. The molecule has 1 unspecified atom stereocenters. The average Bonchev–Trinajstić information content (AvgIpc) is 3.37. The minimum Gasteiger partial charge on any atom is -0.446 e. The predicted octanol–water partition coefficient (Wildman–Crippen LogP) is 2.24. The smallest absolute Gasteiger partial charge is 0.275 e. The van der Waals surface area contributed by atoms with Crippen LogP contribution in [0.15, 0.2) is 41.3 Å². The minimum absolute atomic E-state index is 0.101. The summed E-state index contributed by atoms with van der Waals surface area (Å²) in [5.74, 6) is 0.402. The van der Waals surface area contributed by atoms with E-state index in [1.165, 1.54) is 12.7 Å². The quantitative estimate of drug-likeness (QED) is 0.704. The molecule has 26 heavy (non-hydrogen) atoms. The summed E-state index contributed by atoms with van der Waals surface area (Å²) in [7, 11) is 3.94. The Bertz CT molecular complexity index is 915. The van der Waals surface area contributed by atoms with E-state index in [2.05, 4.69) is 21.9 Å². The molecule has 3 aromatic rings. The molecule has 0 aliphatic carbocycles. The molecule has 2 aromatic heterocycles. The first-order chi connectivity index (χ1) is 12.6. The summed E-state index contributed by atoms with van der Waals surface area (Å²) in [5.41, 5.74) is 2.29. The number of rotatable bonds is 5. The summed E-state index contributed by atoms with van der Waals surface area (Å²) in [6.07, 6.45) is 5.53. The lowest BCUT2D eigenvalue weighted by atomic mass is 10.2. The number of nitrogens with zero attached hydrogens (tertiary/aromatic N) is 5. The SMILES string of the molecule is CN(CC1CCCN1C)C(=O)c1coc(Cn2cnc3ccccc32)n1. The Hall–Kier alpha value is -2.67. The zero-order valence-corrected chi connectivity index (χ0v) is 15.1. The molecule has 7 nitrogen and oxygen atoms in total. The van der Waals surface area contributed by atoms with Gasteiger partial charge in [0.05, 0.1) is 17.4 Å². The van der Waals surface area contributed by atoms with Crippen molar-refractivity contribution in [1.29, 1.82) is 0 Å². The standard InChI is InChI=1S/C19H23N5O2/c1-22-9-5-6-14(22)10-23(2)19(25)16-12-26-18(21-16)11-24-13-20-15-7-3-4-8-17(15)24/h3-4,7-8,12-14H,5-6,9-11H2,1-2H3. The van der Waals surface area contributed by atoms with E-state index in [1.807, 2.05) is 35.9 Å². The highest BCUT2D eigenvalue weighted by molar-refractivity contribution is 5.91. The fourth-order valence-electron chi connectivity index (χ4n) is 3.57. The van der Waals surface area contributed by atoms with Crippen LogP contribution < -0.4 is 0 Å². The van der Waals surface area contributed by atoms with Gasteiger partial charge in [-0.05, 0) is 38.6 Å². The van der Waals surface area contributed by atoms with Gasteiger partial charge in [-0.2, -0.15) is 0 Å². The van der Waals surface area contributed by atoms with Gasteiger partial charge < -0.3 is 18.8 Å². The van der Waals surface area contributed by atoms with Crippen LogP contribution in [0.3, 0.4) is 0 Å². The molecular weight excluding hydrogens is 330 g/mol. The van der Waals surface area contributed by atoms with Crippen LogP contribution >= 0.6 is 0 Å². The summed E-state index contributed by atoms with van der Waals surface area (Å²) in [6.45, 7) is 2.26. The Morgan fingerprint density at radius 1 is 1.38 bits per heavy atom. The lowest BCUT2D eigenvalue weighted by Crippen LogP contribution is -2.39. The second kappa shape index (κ2) is 6.92. The van der Waals surface area contributed by atoms with Gasteiger partial charge in [-0.15, -0.1) is 0 Å². The molecule has 0 radical (unpaired) electrons. The maximum absolute atomic E-state index is 12.6. The lowest BCUT2D eigenvalue weighted by molar-refractivity contribution is 0.0755. The fourth-order valence-corrected chi connectivity index (χ4v) is 3.57. The number of fused-ring (bicyclic) bond motifs is 1. The van der Waals surface area contributed by atoms with E-state index < -0.39 is 0 Å². The van der Waals surface area contributed by atoms with Crippen LogP contribution in [0.5, 0.6) is 0 Å². The first-order valence-electron chi connectivity index (χ1n) is 8.92. The van der Waals surface area contributed by atoms with E-state index in [1.54, 1.807) is 11.2 Å². The van der Waals surface area contributed by atoms with Crippen molar-refractivity contribution < 1.29 is 9.21 Å². The Balaban J connectivity index is 1.44. The molecule has 4 rings (SSSR count). The number of oxazole rings is 1. The number of benzene rings is 1. The van der Waals surface area contributed by atoms with Gasteiger partial charge in [0.25, 0.3) is 5.91 Å². The molecule has 0 bridgehead atoms. The summed E-state index contributed by atoms with van der Waals surface area (Å²) in [5, 5.41) is 0. The fraction of sp³-hybridized carbons (Fsp3) is 0.421. The molecule has 1 aliphatic rings. The first-order valence-corrected chi connectivity index (χ1v) is 8.92. The Morgan fingerprint density at radius 3 is 3.04 bits per heavy atom. The van der Waals surface area contributed by atoms with Crippen LogP contribution in [0.2, 0.25) is 0 Å². The molecule has 1 amide bonds. The van der Waals surface area contributed by atoms with Crippen molar-refractivity contribution in [3.63, 3.8) is 0 Å². The van der Waals surface area contributed by atoms with Crippen molar-refractivity contribution in [2.24, 2.45) is 0 Å². The van der Waals surface area contributed by atoms with Crippen LogP contribution in [-0.4, -0.2) is 63.5 Å². The third kappa shape index (κ3) is 3.22. The van der Waals surface area contributed by atoms with E-state index in [0.29, 0.717) is 30.7 Å². The number of likely N-dealkylation sites (N-methyl/N-ethyl adjacent to an activating group) is 2. The van der Waals surface area contributed by atoms with Gasteiger partial charge in [0.15, 0.2) is 5.69 Å². The van der Waals surface area contributed by atoms with Gasteiger partial charge in [-0.3, -0.25) is 4.79 Å². The molecule has 0 saturated carbocycles. The Labute approximate surface area is 152 Å². The molecule has 1 aliphatic heterocycles. The van der Waals surface area contributed by atoms with Crippen LogP contribution in [0.1, 0.15) is 29.2 Å². The largest absolute Gasteiger partial charge is 0.446 e. The highest BCUT2D eigenvalue weighted by Gasteiger charge is 2.25. The number of hydrogen-bond acceptors (Lipinski definition) is 5. The van der Waals surface area contributed by atoms with Gasteiger partial charge in [0.1, 0.15) is 12.8 Å². The lowest BCUT2D eigenvalue weighted by Gasteiger charge is -2.25. The number of para-hydroxylation sites is 2. The summed E-state index contributed by atoms with van der Waals surface area (Å²) < 4.78 is 7.50. The summed E-state index contributed by atoms with van der Waals surface area (Å²) in [6, 6.07) is 8.32. The summed E-state index contributed by atoms with van der Waals surface area (Å²) >= 11 is 0. The molecule has 7 heteroatoms. The minimum atomic E-state index is -0.101. The third-order valence-electron chi connectivity index (χ3n) is 5.11. The molecule has 136 valence electrons. The van der Waals surface area contributed by atoms with E-state index >= 15 is 0 Å². The van der Waals surface area contributed by atoms with Crippen molar-refractivity contribution in [3.8, 4) is 0 Å². The van der Waals surface area contributed by atoms with Gasteiger partial charge in [0.2, 0.25) is 5.89 Å². The van der Waals surface area contributed by atoms with E-state index in [-0.39, 0.29) is 5.91 Å². The van der Waals surface area contributed by atoms with E-state index in [9.17, 15) is 4.79 Å². The monoisotopic (exact) mass is 353 g/mol. The highest BCUT2D eigenvalue weighted by atomic mass is 16.3. The van der Waals surface area contributed by atoms with E-state index in [0.717, 1.165) is 24.0 Å². The van der Waals surface area contributed by atoms with E-state index in [4.69, 9.17) is 4.42 Å².